The maximum atomic E-state index is 12.6. The molecule has 1 aromatic heterocycles. The van der Waals surface area contributed by atoms with Crippen molar-refractivity contribution in [3.63, 3.8) is 0 Å². The van der Waals surface area contributed by atoms with E-state index in [1.54, 1.807) is 0 Å². The van der Waals surface area contributed by atoms with Crippen LogP contribution in [-0.4, -0.2) is 23.3 Å². The van der Waals surface area contributed by atoms with E-state index in [0.717, 1.165) is 43.7 Å². The largest absolute Gasteiger partial charge is 0.489 e. The minimum Gasteiger partial charge on any atom is -0.489 e. The van der Waals surface area contributed by atoms with Gasteiger partial charge in [0.2, 0.25) is 11.8 Å². The van der Waals surface area contributed by atoms with Crippen molar-refractivity contribution in [3.8, 4) is 5.75 Å². The molecule has 3 saturated carbocycles. The molecule has 5 rings (SSSR count). The molecule has 0 unspecified atom stereocenters. The van der Waals surface area contributed by atoms with Crippen molar-refractivity contribution in [1.29, 1.82) is 0 Å². The fourth-order valence-electron chi connectivity index (χ4n) is 4.95. The van der Waals surface area contributed by atoms with Gasteiger partial charge in [-0.15, -0.1) is 10.2 Å². The van der Waals surface area contributed by atoms with Crippen molar-refractivity contribution >= 4 is 0 Å². The van der Waals surface area contributed by atoms with Crippen LogP contribution in [0.25, 0.3) is 0 Å². The topological polar surface area (TPSA) is 74.2 Å². The van der Waals surface area contributed by atoms with Gasteiger partial charge in [0, 0.05) is 24.5 Å². The van der Waals surface area contributed by atoms with Crippen LogP contribution < -0.4 is 10.5 Å². The van der Waals surface area contributed by atoms with E-state index >= 15 is 0 Å². The standard InChI is InChI=1S/C22H28FN3O2/c1-16-25-26-20(28-16)22-8-2-7-21(9-11-22,10-12-22)18-3-5-19(6-4-18)27-15-17(13-23)14-24/h3-6,13H,2,7-12,14-15,24H2,1H3/b17-13+. The van der Waals surface area contributed by atoms with Gasteiger partial charge < -0.3 is 14.9 Å². The fraction of sp³-hybridized carbons (Fsp3) is 0.545. The minimum atomic E-state index is 0.0572. The van der Waals surface area contributed by atoms with E-state index in [-0.39, 0.29) is 24.0 Å². The highest BCUT2D eigenvalue weighted by Crippen LogP contribution is 2.55. The Morgan fingerprint density at radius 1 is 1.11 bits per heavy atom. The van der Waals surface area contributed by atoms with Crippen LogP contribution in [0.4, 0.5) is 4.39 Å². The summed E-state index contributed by atoms with van der Waals surface area (Å²) in [5.41, 5.74) is 7.57. The highest BCUT2D eigenvalue weighted by atomic mass is 19.1. The molecular weight excluding hydrogens is 357 g/mol. The van der Waals surface area contributed by atoms with Crippen LogP contribution in [0.1, 0.15) is 62.3 Å². The Morgan fingerprint density at radius 2 is 1.79 bits per heavy atom. The van der Waals surface area contributed by atoms with Crippen molar-refractivity contribution in [2.24, 2.45) is 5.73 Å². The predicted molar refractivity (Wildman–Crippen MR) is 105 cm³/mol. The van der Waals surface area contributed by atoms with Crippen LogP contribution in [0.2, 0.25) is 0 Å². The van der Waals surface area contributed by atoms with E-state index in [1.165, 1.54) is 18.4 Å². The van der Waals surface area contributed by atoms with E-state index in [0.29, 0.717) is 17.8 Å². The van der Waals surface area contributed by atoms with E-state index in [1.807, 2.05) is 19.1 Å². The number of benzene rings is 1. The maximum Gasteiger partial charge on any atom is 0.222 e. The minimum absolute atomic E-state index is 0.0572. The van der Waals surface area contributed by atoms with E-state index < -0.39 is 0 Å². The number of rotatable bonds is 6. The normalized spacial score (nSPS) is 27.6. The molecule has 1 heterocycles. The molecule has 0 saturated heterocycles. The van der Waals surface area contributed by atoms with Crippen LogP contribution in [0, 0.1) is 6.92 Å². The Bertz CT molecular complexity index is 836. The van der Waals surface area contributed by atoms with Gasteiger partial charge in [-0.2, -0.15) is 0 Å². The lowest BCUT2D eigenvalue weighted by Gasteiger charge is -2.41. The second kappa shape index (κ2) is 7.66. The third-order valence-electron chi connectivity index (χ3n) is 6.76. The van der Waals surface area contributed by atoms with Gasteiger partial charge in [0.1, 0.15) is 12.4 Å². The van der Waals surface area contributed by atoms with Crippen molar-refractivity contribution < 1.29 is 13.5 Å². The lowest BCUT2D eigenvalue weighted by atomic mass is 9.62. The molecule has 3 aliphatic carbocycles. The molecular formula is C22H28FN3O2. The summed E-state index contributed by atoms with van der Waals surface area (Å²) in [5, 5.41) is 8.43. The average molecular weight is 385 g/mol. The van der Waals surface area contributed by atoms with Crippen LogP contribution in [-0.2, 0) is 10.8 Å². The van der Waals surface area contributed by atoms with Crippen LogP contribution in [0.15, 0.2) is 40.6 Å². The van der Waals surface area contributed by atoms with Crippen LogP contribution in [0.5, 0.6) is 5.75 Å². The zero-order valence-electron chi connectivity index (χ0n) is 16.4. The van der Waals surface area contributed by atoms with Crippen LogP contribution in [0.3, 0.4) is 0 Å². The Morgan fingerprint density at radius 3 is 2.39 bits per heavy atom. The molecule has 5 nitrogen and oxygen atoms in total. The van der Waals surface area contributed by atoms with Crippen molar-refractivity contribution in [1.82, 2.24) is 10.2 Å². The first-order chi connectivity index (χ1) is 13.6. The van der Waals surface area contributed by atoms with Gasteiger partial charge in [-0.25, -0.2) is 4.39 Å². The van der Waals surface area contributed by atoms with Gasteiger partial charge in [-0.3, -0.25) is 0 Å². The smallest absolute Gasteiger partial charge is 0.222 e. The van der Waals surface area contributed by atoms with E-state index in [4.69, 9.17) is 14.9 Å². The molecule has 6 heteroatoms. The molecule has 3 fully saturated rings. The molecule has 3 aliphatic rings. The highest BCUT2D eigenvalue weighted by molar-refractivity contribution is 5.34. The van der Waals surface area contributed by atoms with Crippen LogP contribution >= 0.6 is 0 Å². The molecule has 0 aliphatic heterocycles. The van der Waals surface area contributed by atoms with Gasteiger partial charge in [0.05, 0.1) is 6.33 Å². The Balaban J connectivity index is 1.48. The van der Waals surface area contributed by atoms with Gasteiger partial charge in [-0.05, 0) is 61.6 Å². The SMILES string of the molecule is Cc1nnc(C23CCCC(c4ccc(OC/C(=C/F)CN)cc4)(CC2)CC3)o1. The summed E-state index contributed by atoms with van der Waals surface area (Å²) in [4.78, 5) is 0. The molecule has 0 atom stereocenters. The zero-order chi connectivity index (χ0) is 19.6. The monoisotopic (exact) mass is 385 g/mol. The molecule has 28 heavy (non-hydrogen) atoms. The average Bonchev–Trinajstić information content (AvgIpc) is 2.98. The van der Waals surface area contributed by atoms with Gasteiger partial charge in [0.25, 0.3) is 0 Å². The Hall–Kier alpha value is -2.21. The first-order valence-corrected chi connectivity index (χ1v) is 10.1. The number of aromatic nitrogens is 2. The third kappa shape index (κ3) is 3.46. The van der Waals surface area contributed by atoms with Gasteiger partial charge >= 0.3 is 0 Å². The van der Waals surface area contributed by atoms with Crippen molar-refractivity contribution in [2.75, 3.05) is 13.2 Å². The number of hydrogen-bond acceptors (Lipinski definition) is 5. The predicted octanol–water partition coefficient (Wildman–Crippen LogP) is 4.50. The molecule has 0 spiro atoms. The maximum absolute atomic E-state index is 12.6. The summed E-state index contributed by atoms with van der Waals surface area (Å²) in [5.74, 6) is 2.23. The number of ether oxygens (including phenoxy) is 1. The molecule has 2 aromatic rings. The summed E-state index contributed by atoms with van der Waals surface area (Å²) in [6.07, 6.45) is 8.45. The zero-order valence-corrected chi connectivity index (χ0v) is 16.4. The second-order valence-electron chi connectivity index (χ2n) is 8.32. The summed E-state index contributed by atoms with van der Waals surface area (Å²) in [6, 6.07) is 8.33. The third-order valence-corrected chi connectivity index (χ3v) is 6.76. The highest BCUT2D eigenvalue weighted by Gasteiger charge is 2.49. The van der Waals surface area contributed by atoms with E-state index in [9.17, 15) is 4.39 Å². The fourth-order valence-corrected chi connectivity index (χ4v) is 4.95. The lowest BCUT2D eigenvalue weighted by molar-refractivity contribution is 0.189. The van der Waals surface area contributed by atoms with E-state index in [2.05, 4.69) is 22.3 Å². The molecule has 150 valence electrons. The van der Waals surface area contributed by atoms with Gasteiger partial charge in [-0.1, -0.05) is 18.6 Å². The molecule has 1 aromatic carbocycles. The molecule has 2 bridgehead atoms. The van der Waals surface area contributed by atoms with Gasteiger partial charge in [0.15, 0.2) is 0 Å². The summed E-state index contributed by atoms with van der Waals surface area (Å²) >= 11 is 0. The Kier molecular flexibility index (Phi) is 5.23. The summed E-state index contributed by atoms with van der Waals surface area (Å²) < 4.78 is 24.1. The number of hydrogen-bond donors (Lipinski definition) is 1. The van der Waals surface area contributed by atoms with Crippen molar-refractivity contribution in [3.05, 3.63) is 53.5 Å². The molecule has 0 amide bonds. The number of aryl methyl sites for hydroxylation is 1. The quantitative estimate of drug-likeness (QED) is 0.792. The second-order valence-corrected chi connectivity index (χ2v) is 8.32. The number of nitrogens with zero attached hydrogens (tertiary/aromatic N) is 2. The van der Waals surface area contributed by atoms with Crippen molar-refractivity contribution in [2.45, 2.75) is 62.7 Å². The number of halogens is 1. The number of fused-ring (bicyclic) bond motifs is 4. The first kappa shape index (κ1) is 19.1. The lowest BCUT2D eigenvalue weighted by Crippen LogP contribution is -2.36. The molecule has 0 radical (unpaired) electrons. The summed E-state index contributed by atoms with van der Waals surface area (Å²) in [6.45, 7) is 2.21. The number of nitrogens with two attached hydrogens (primary N) is 1. The molecule has 2 N–H and O–H groups in total. The first-order valence-electron chi connectivity index (χ1n) is 10.1. The Labute approximate surface area is 165 Å². The summed E-state index contributed by atoms with van der Waals surface area (Å²) in [7, 11) is 0.